The molecule has 0 aliphatic heterocycles. The van der Waals surface area contributed by atoms with Crippen LogP contribution in [-0.4, -0.2) is 104 Å². The van der Waals surface area contributed by atoms with Crippen molar-refractivity contribution in [2.45, 2.75) is 349 Å². The quantitative estimate of drug-likeness (QED) is 0.0885. The first-order chi connectivity index (χ1) is 42.5. The summed E-state index contributed by atoms with van der Waals surface area (Å²) in [4.78, 5) is 0. The smallest absolute Gasteiger partial charge is 0.0676 e. The average molecular weight is 1310 g/mol. The van der Waals surface area contributed by atoms with E-state index >= 15 is 0 Å². The van der Waals surface area contributed by atoms with Gasteiger partial charge in [-0.3, -0.25) is 0 Å². The Bertz CT molecular complexity index is 1840. The fraction of sp³-hybridized carbons (Fsp3) is 1.00. The van der Waals surface area contributed by atoms with Gasteiger partial charge in [-0.1, -0.05) is 179 Å². The van der Waals surface area contributed by atoms with E-state index in [1.165, 1.54) is 103 Å². The van der Waals surface area contributed by atoms with Crippen LogP contribution >= 0.6 is 0 Å². The first-order valence-corrected chi connectivity index (χ1v) is 39.2. The lowest BCUT2D eigenvalue weighted by Crippen LogP contribution is -2.53. The summed E-state index contributed by atoms with van der Waals surface area (Å²) >= 11 is 0. The Hall–Kier alpha value is -0.320. The fourth-order valence-electron chi connectivity index (χ4n) is 18.3. The van der Waals surface area contributed by atoms with Crippen molar-refractivity contribution in [1.29, 1.82) is 0 Å². The maximum Gasteiger partial charge on any atom is 0.0676 e. The van der Waals surface area contributed by atoms with E-state index in [9.17, 15) is 0 Å². The van der Waals surface area contributed by atoms with E-state index in [2.05, 4.69) is 201 Å². The van der Waals surface area contributed by atoms with E-state index in [1.807, 2.05) is 20.8 Å². The highest BCUT2D eigenvalue weighted by Crippen LogP contribution is 2.66. The van der Waals surface area contributed by atoms with E-state index in [-0.39, 0.29) is 0 Å². The number of ether oxygens (including phenoxy) is 8. The summed E-state index contributed by atoms with van der Waals surface area (Å²) in [6.45, 7) is 84.2. The molecular formula is C84H168O8. The van der Waals surface area contributed by atoms with Crippen LogP contribution in [0.25, 0.3) is 0 Å². The van der Waals surface area contributed by atoms with E-state index in [0.29, 0.717) is 72.5 Å². The first-order valence-electron chi connectivity index (χ1n) is 39.2. The minimum Gasteiger partial charge on any atom is -0.382 e. The predicted octanol–water partition coefficient (Wildman–Crippen LogP) is 23.9. The summed E-state index contributed by atoms with van der Waals surface area (Å²) < 4.78 is 44.4. The van der Waals surface area contributed by atoms with Crippen LogP contribution in [0.2, 0.25) is 0 Å². The van der Waals surface area contributed by atoms with Crippen LogP contribution in [0.5, 0.6) is 0 Å². The molecule has 8 heteroatoms. The van der Waals surface area contributed by atoms with Gasteiger partial charge in [0, 0.05) is 85.9 Å². The molecule has 8 atom stereocenters. The zero-order valence-corrected chi connectivity index (χ0v) is 68.4. The SMILES string of the molecule is CCOC1C(C)(C)CCC1(C)C.CCOC1C(C)(C)CCCC1(C)C.CCOC1C2CCC(C2(C)C)C1(C)C.CCOCC1CC2CC(C1)C2(C)C.CCOCC1CCC2CC1C2(C)C.CCOCCC(C)(C)C.CCOCCC(C)(C)CC.CCOCCC(C)C. The summed E-state index contributed by atoms with van der Waals surface area (Å²) in [5, 5.41) is 0. The molecule has 10 aliphatic rings. The number of rotatable bonds is 24. The van der Waals surface area contributed by atoms with Crippen molar-refractivity contribution in [3.63, 3.8) is 0 Å². The summed E-state index contributed by atoms with van der Waals surface area (Å²) in [6, 6.07) is 0. The van der Waals surface area contributed by atoms with Crippen LogP contribution in [0.4, 0.5) is 0 Å². The summed E-state index contributed by atoms with van der Waals surface area (Å²) in [5.74, 6) is 8.14. The molecule has 8 nitrogen and oxygen atoms in total. The summed E-state index contributed by atoms with van der Waals surface area (Å²) in [6.07, 6.45) is 24.1. The molecule has 0 saturated heterocycles. The molecule has 0 spiro atoms. The third-order valence-corrected chi connectivity index (χ3v) is 24.9. The normalized spacial score (nSPS) is 29.1. The van der Waals surface area contributed by atoms with Gasteiger partial charge >= 0.3 is 0 Å². The molecule has 552 valence electrons. The summed E-state index contributed by atoms with van der Waals surface area (Å²) in [7, 11) is 0. The molecule has 10 aliphatic carbocycles. The Morgan fingerprint density at radius 1 is 0.391 bits per heavy atom. The van der Waals surface area contributed by atoms with Gasteiger partial charge in [-0.15, -0.1) is 0 Å². The minimum absolute atomic E-state index is 0.359. The van der Waals surface area contributed by atoms with E-state index in [0.717, 1.165) is 146 Å². The molecule has 0 aromatic carbocycles. The van der Waals surface area contributed by atoms with Crippen molar-refractivity contribution in [2.75, 3.05) is 85.9 Å². The average Bonchev–Trinajstić information content (AvgIpc) is 1.42. The summed E-state index contributed by atoms with van der Waals surface area (Å²) in [5.41, 5.74) is 4.54. The van der Waals surface area contributed by atoms with E-state index in [1.54, 1.807) is 0 Å². The third kappa shape index (κ3) is 28.4. The Morgan fingerprint density at radius 3 is 1.22 bits per heavy atom. The van der Waals surface area contributed by atoms with Gasteiger partial charge in [0.15, 0.2) is 0 Å². The van der Waals surface area contributed by atoms with Crippen LogP contribution in [0, 0.1) is 107 Å². The molecule has 0 radical (unpaired) electrons. The standard InChI is InChI=1S/C13H24O.2C12H22O.C12H24O.C11H22O.C9H20O.C8H18O.C7H16O/c1-6-14-11-9-7-8-10(12(9,2)3)13(11,4)5;1-4-13-8-9-5-10-7-11(6-9)12(10,2)3;1-4-13-8-9-5-6-10-7-11(9)12(10,2)3;1-6-13-10-11(2,3)8-7-9-12(10,4)5;1-6-12-9-10(2,3)7-8-11(9,4)5;1-5-9(3,4)7-8-10-6-2;1-5-9-7-6-8(2,3)4;1-4-8-6-5-7(2)3/h9-11H,6-8H2,1-5H3;2*9-11H,4-8H2,1-3H3;10H,6-9H2,1-5H3;9H,6-8H2,1-5H3;5-8H2,1-4H3;5-7H2,1-4H3;7H,4-6H2,1-3H3. The van der Waals surface area contributed by atoms with Crippen LogP contribution in [-0.2, 0) is 37.9 Å². The minimum atomic E-state index is 0.359. The lowest BCUT2D eigenvalue weighted by molar-refractivity contribution is -0.123. The highest BCUT2D eigenvalue weighted by Gasteiger charge is 2.63. The molecule has 0 heterocycles. The highest BCUT2D eigenvalue weighted by molar-refractivity contribution is 5.12. The van der Waals surface area contributed by atoms with Crippen molar-refractivity contribution in [1.82, 2.24) is 0 Å². The molecule has 10 saturated carbocycles. The van der Waals surface area contributed by atoms with Gasteiger partial charge in [0.05, 0.1) is 18.3 Å². The van der Waals surface area contributed by atoms with Gasteiger partial charge in [0.2, 0.25) is 0 Å². The Morgan fingerprint density at radius 2 is 0.837 bits per heavy atom. The van der Waals surface area contributed by atoms with Crippen molar-refractivity contribution in [3.8, 4) is 0 Å². The van der Waals surface area contributed by atoms with Gasteiger partial charge < -0.3 is 37.9 Å². The first kappa shape index (κ1) is 89.7. The van der Waals surface area contributed by atoms with Crippen molar-refractivity contribution < 1.29 is 37.9 Å². The lowest BCUT2D eigenvalue weighted by atomic mass is 9.46. The van der Waals surface area contributed by atoms with E-state index in [4.69, 9.17) is 37.9 Å². The second-order valence-electron chi connectivity index (χ2n) is 37.4. The molecule has 0 amide bonds. The maximum absolute atomic E-state index is 5.99. The number of fused-ring (bicyclic) bond motifs is 6. The van der Waals surface area contributed by atoms with Gasteiger partial charge in [-0.05, 0) is 259 Å². The van der Waals surface area contributed by atoms with Crippen molar-refractivity contribution in [3.05, 3.63) is 0 Å². The largest absolute Gasteiger partial charge is 0.382 e. The van der Waals surface area contributed by atoms with Gasteiger partial charge in [0.1, 0.15) is 0 Å². The zero-order chi connectivity index (χ0) is 70.8. The molecule has 8 unspecified atom stereocenters. The van der Waals surface area contributed by atoms with Crippen molar-refractivity contribution >= 4 is 0 Å². The third-order valence-electron chi connectivity index (χ3n) is 24.9. The second kappa shape index (κ2) is 40.8. The molecule has 92 heavy (non-hydrogen) atoms. The highest BCUT2D eigenvalue weighted by atomic mass is 16.5. The zero-order valence-electron chi connectivity index (χ0n) is 68.4. The topological polar surface area (TPSA) is 73.8 Å². The Kier molecular flexibility index (Phi) is 39.8. The van der Waals surface area contributed by atoms with Crippen LogP contribution in [0.3, 0.4) is 0 Å². The van der Waals surface area contributed by atoms with Gasteiger partial charge in [-0.25, -0.2) is 0 Å². The molecule has 10 fully saturated rings. The monoisotopic (exact) mass is 1310 g/mol. The van der Waals surface area contributed by atoms with Gasteiger partial charge in [-0.2, -0.15) is 0 Å². The van der Waals surface area contributed by atoms with Gasteiger partial charge in [0.25, 0.3) is 0 Å². The van der Waals surface area contributed by atoms with Crippen LogP contribution in [0.15, 0.2) is 0 Å². The lowest BCUT2D eigenvalue weighted by Gasteiger charge is -2.60. The second-order valence-corrected chi connectivity index (χ2v) is 37.4. The molecule has 0 aromatic heterocycles. The molecular weight excluding hydrogens is 1140 g/mol. The molecule has 0 N–H and O–H groups in total. The molecule has 0 aromatic rings. The van der Waals surface area contributed by atoms with Crippen LogP contribution < -0.4 is 0 Å². The van der Waals surface area contributed by atoms with Crippen molar-refractivity contribution in [2.24, 2.45) is 107 Å². The number of hydrogen-bond acceptors (Lipinski definition) is 8. The predicted molar refractivity (Wildman–Crippen MR) is 399 cm³/mol. The molecule has 6 bridgehead atoms. The molecule has 10 rings (SSSR count). The maximum atomic E-state index is 5.99. The van der Waals surface area contributed by atoms with Crippen LogP contribution in [0.1, 0.15) is 331 Å². The fourth-order valence-corrected chi connectivity index (χ4v) is 18.3. The Labute approximate surface area is 577 Å². The number of hydrogen-bond donors (Lipinski definition) is 0. The Balaban J connectivity index is 0.000000529. The van der Waals surface area contributed by atoms with E-state index < -0.39 is 0 Å².